The van der Waals surface area contributed by atoms with Gasteiger partial charge in [-0.1, -0.05) is 0 Å². The number of nitrogens with zero attached hydrogens (tertiary/aromatic N) is 1. The van der Waals surface area contributed by atoms with Crippen molar-refractivity contribution in [2.75, 3.05) is 13.1 Å². The van der Waals surface area contributed by atoms with Crippen LogP contribution < -0.4 is 5.32 Å². The molecule has 1 N–H and O–H groups in total. The zero-order valence-corrected chi connectivity index (χ0v) is 10.2. The molecule has 3 nitrogen and oxygen atoms in total. The van der Waals surface area contributed by atoms with Crippen LogP contribution in [0.2, 0.25) is 0 Å². The van der Waals surface area contributed by atoms with Crippen molar-refractivity contribution < 1.29 is 4.74 Å². The van der Waals surface area contributed by atoms with E-state index in [-0.39, 0.29) is 0 Å². The van der Waals surface area contributed by atoms with Gasteiger partial charge in [0.1, 0.15) is 0 Å². The van der Waals surface area contributed by atoms with Gasteiger partial charge in [0.05, 0.1) is 12.7 Å². The molecule has 0 aliphatic carbocycles. The van der Waals surface area contributed by atoms with E-state index in [1.807, 2.05) is 12.3 Å². The number of rotatable bonds is 3. The normalized spacial score (nSPS) is 21.5. The van der Waals surface area contributed by atoms with Crippen molar-refractivity contribution in [3.63, 3.8) is 0 Å². The minimum atomic E-state index is 0.359. The highest BCUT2D eigenvalue weighted by Crippen LogP contribution is 2.13. The molecule has 2 rings (SSSR count). The Bertz CT molecular complexity index is 313. The molecule has 82 valence electrons. The van der Waals surface area contributed by atoms with E-state index >= 15 is 0 Å². The molecule has 0 radical (unpaired) electrons. The average molecular weight is 271 g/mol. The molecule has 1 aliphatic heterocycles. The molecule has 1 aromatic rings. The fourth-order valence-corrected chi connectivity index (χ4v) is 2.12. The Hall–Kier alpha value is -0.450. The van der Waals surface area contributed by atoms with Gasteiger partial charge in [-0.05, 0) is 46.9 Å². The molecule has 4 heteroatoms. The van der Waals surface area contributed by atoms with E-state index in [0.717, 1.165) is 29.5 Å². The summed E-state index contributed by atoms with van der Waals surface area (Å²) in [5.74, 6) is 0. The number of ether oxygens (including phenoxy) is 1. The maximum Gasteiger partial charge on any atom is 0.0736 e. The summed E-state index contributed by atoms with van der Waals surface area (Å²) in [6, 6.07) is 2.04. The molecule has 1 aromatic heterocycles. The van der Waals surface area contributed by atoms with Crippen LogP contribution in [-0.2, 0) is 11.3 Å². The number of hydrogen-bond donors (Lipinski definition) is 1. The predicted molar refractivity (Wildman–Crippen MR) is 62.6 cm³/mol. The van der Waals surface area contributed by atoms with Crippen molar-refractivity contribution in [2.45, 2.75) is 25.6 Å². The van der Waals surface area contributed by atoms with Crippen molar-refractivity contribution >= 4 is 15.9 Å². The number of hydrogen-bond acceptors (Lipinski definition) is 3. The van der Waals surface area contributed by atoms with Crippen LogP contribution in [0.15, 0.2) is 22.9 Å². The first kappa shape index (κ1) is 11.0. The van der Waals surface area contributed by atoms with Gasteiger partial charge in [-0.15, -0.1) is 0 Å². The summed E-state index contributed by atoms with van der Waals surface area (Å²) in [5, 5.41) is 3.33. The molecule has 1 unspecified atom stereocenters. The van der Waals surface area contributed by atoms with E-state index in [4.69, 9.17) is 4.74 Å². The third kappa shape index (κ3) is 3.55. The Kier molecular flexibility index (Phi) is 4.11. The minimum absolute atomic E-state index is 0.359. The van der Waals surface area contributed by atoms with Crippen LogP contribution in [0.3, 0.4) is 0 Å². The van der Waals surface area contributed by atoms with Gasteiger partial charge in [0.25, 0.3) is 0 Å². The second-order valence-electron chi connectivity index (χ2n) is 3.79. The maximum atomic E-state index is 5.80. The molecule has 0 spiro atoms. The van der Waals surface area contributed by atoms with Crippen LogP contribution in [0.4, 0.5) is 0 Å². The second kappa shape index (κ2) is 5.58. The van der Waals surface area contributed by atoms with Crippen molar-refractivity contribution in [3.05, 3.63) is 28.5 Å². The van der Waals surface area contributed by atoms with Gasteiger partial charge in [0.15, 0.2) is 0 Å². The second-order valence-corrected chi connectivity index (χ2v) is 4.71. The smallest absolute Gasteiger partial charge is 0.0736 e. The van der Waals surface area contributed by atoms with E-state index in [0.29, 0.717) is 12.7 Å². The number of nitrogens with one attached hydrogen (secondary N) is 1. The van der Waals surface area contributed by atoms with Crippen molar-refractivity contribution in [1.82, 2.24) is 10.3 Å². The van der Waals surface area contributed by atoms with Crippen molar-refractivity contribution in [2.24, 2.45) is 0 Å². The largest absolute Gasteiger partial charge is 0.372 e. The van der Waals surface area contributed by atoms with Gasteiger partial charge in [-0.25, -0.2) is 0 Å². The van der Waals surface area contributed by atoms with Crippen LogP contribution in [0.25, 0.3) is 0 Å². The molecule has 15 heavy (non-hydrogen) atoms. The first-order chi connectivity index (χ1) is 7.34. The van der Waals surface area contributed by atoms with Crippen molar-refractivity contribution in [1.29, 1.82) is 0 Å². The molecule has 2 heterocycles. The first-order valence-electron chi connectivity index (χ1n) is 5.26. The molecule has 0 saturated carbocycles. The van der Waals surface area contributed by atoms with Crippen LogP contribution in [0.5, 0.6) is 0 Å². The first-order valence-corrected chi connectivity index (χ1v) is 6.05. The molecule has 1 aliphatic rings. The lowest BCUT2D eigenvalue weighted by Crippen LogP contribution is -2.35. The Labute approximate surface area is 98.4 Å². The monoisotopic (exact) mass is 270 g/mol. The summed E-state index contributed by atoms with van der Waals surface area (Å²) >= 11 is 3.40. The number of aromatic nitrogens is 1. The van der Waals surface area contributed by atoms with E-state index < -0.39 is 0 Å². The van der Waals surface area contributed by atoms with Gasteiger partial charge < -0.3 is 10.1 Å². The lowest BCUT2D eigenvalue weighted by Gasteiger charge is -2.23. The zero-order chi connectivity index (χ0) is 10.5. The van der Waals surface area contributed by atoms with Crippen molar-refractivity contribution in [3.8, 4) is 0 Å². The summed E-state index contributed by atoms with van der Waals surface area (Å²) in [6.07, 6.45) is 6.36. The third-order valence-electron chi connectivity index (χ3n) is 2.50. The average Bonchev–Trinajstić information content (AvgIpc) is 2.28. The van der Waals surface area contributed by atoms with E-state index in [2.05, 4.69) is 26.2 Å². The summed E-state index contributed by atoms with van der Waals surface area (Å²) < 4.78 is 6.81. The Morgan fingerprint density at radius 3 is 3.20 bits per heavy atom. The molecule has 1 atom stereocenters. The highest BCUT2D eigenvalue weighted by atomic mass is 79.9. The fraction of sp³-hybridized carbons (Fsp3) is 0.545. The Morgan fingerprint density at radius 2 is 2.47 bits per heavy atom. The van der Waals surface area contributed by atoms with Gasteiger partial charge in [-0.2, -0.15) is 0 Å². The summed E-state index contributed by atoms with van der Waals surface area (Å²) in [7, 11) is 0. The van der Waals surface area contributed by atoms with E-state index in [1.165, 1.54) is 6.42 Å². The molecular formula is C11H15BrN2O. The lowest BCUT2D eigenvalue weighted by molar-refractivity contribution is 0.0251. The van der Waals surface area contributed by atoms with Gasteiger partial charge in [-0.3, -0.25) is 4.98 Å². The summed E-state index contributed by atoms with van der Waals surface area (Å²) in [6.45, 7) is 2.75. The highest BCUT2D eigenvalue weighted by Gasteiger charge is 2.12. The zero-order valence-electron chi connectivity index (χ0n) is 8.58. The molecule has 0 bridgehead atoms. The van der Waals surface area contributed by atoms with Gasteiger partial charge in [0, 0.05) is 23.4 Å². The van der Waals surface area contributed by atoms with E-state index in [1.54, 1.807) is 6.20 Å². The predicted octanol–water partition coefficient (Wildman–Crippen LogP) is 2.11. The van der Waals surface area contributed by atoms with Crippen LogP contribution in [0, 0.1) is 0 Å². The standard InChI is InChI=1S/C11H15BrN2O/c12-10-4-9(5-14-6-10)8-15-11-2-1-3-13-7-11/h4-6,11,13H,1-3,7-8H2. The quantitative estimate of drug-likeness (QED) is 0.914. The van der Waals surface area contributed by atoms with Gasteiger partial charge in [0.2, 0.25) is 0 Å². The van der Waals surface area contributed by atoms with E-state index in [9.17, 15) is 0 Å². The fourth-order valence-electron chi connectivity index (χ4n) is 1.71. The summed E-state index contributed by atoms with van der Waals surface area (Å²) in [5.41, 5.74) is 1.12. The molecular weight excluding hydrogens is 256 g/mol. The number of pyridine rings is 1. The topological polar surface area (TPSA) is 34.1 Å². The molecule has 1 fully saturated rings. The summed E-state index contributed by atoms with van der Waals surface area (Å²) in [4.78, 5) is 4.11. The maximum absolute atomic E-state index is 5.80. The van der Waals surface area contributed by atoms with Crippen LogP contribution >= 0.6 is 15.9 Å². The Balaban J connectivity index is 1.81. The lowest BCUT2D eigenvalue weighted by atomic mass is 10.1. The minimum Gasteiger partial charge on any atom is -0.372 e. The van der Waals surface area contributed by atoms with Crippen LogP contribution in [-0.4, -0.2) is 24.2 Å². The highest BCUT2D eigenvalue weighted by molar-refractivity contribution is 9.10. The molecule has 1 saturated heterocycles. The molecule has 0 aromatic carbocycles. The number of halogens is 1. The Morgan fingerprint density at radius 1 is 1.53 bits per heavy atom. The SMILES string of the molecule is Brc1cncc(COC2CCCNC2)c1. The molecule has 0 amide bonds. The number of piperidine rings is 1. The third-order valence-corrected chi connectivity index (χ3v) is 2.93. The van der Waals surface area contributed by atoms with Crippen LogP contribution in [0.1, 0.15) is 18.4 Å². The van der Waals surface area contributed by atoms with Gasteiger partial charge >= 0.3 is 0 Å².